The SMILES string of the molecule is COc1ccc([C](Oc2ccc(C(F)(F)F)cc2)C2CC2)cc1. The van der Waals surface area contributed by atoms with E-state index in [-0.39, 0.29) is 0 Å². The van der Waals surface area contributed by atoms with Gasteiger partial charge < -0.3 is 9.47 Å². The van der Waals surface area contributed by atoms with Gasteiger partial charge in [0, 0.05) is 11.5 Å². The molecule has 0 amide bonds. The lowest BCUT2D eigenvalue weighted by Crippen LogP contribution is -2.11. The van der Waals surface area contributed by atoms with Gasteiger partial charge in [0.25, 0.3) is 0 Å². The largest absolute Gasteiger partial charge is 0.497 e. The molecule has 2 nitrogen and oxygen atoms in total. The minimum absolute atomic E-state index is 0.325. The van der Waals surface area contributed by atoms with Crippen molar-refractivity contribution in [2.45, 2.75) is 19.0 Å². The van der Waals surface area contributed by atoms with Crippen molar-refractivity contribution in [3.05, 3.63) is 65.8 Å². The molecule has 1 saturated carbocycles. The molecular formula is C18H16F3O2. The van der Waals surface area contributed by atoms with Crippen LogP contribution in [0.15, 0.2) is 48.5 Å². The van der Waals surface area contributed by atoms with Gasteiger partial charge in [0.1, 0.15) is 11.5 Å². The molecule has 0 saturated heterocycles. The number of alkyl halides is 3. The highest BCUT2D eigenvalue weighted by atomic mass is 19.4. The molecule has 0 aromatic heterocycles. The summed E-state index contributed by atoms with van der Waals surface area (Å²) < 4.78 is 48.8. The summed E-state index contributed by atoms with van der Waals surface area (Å²) in [6.07, 6.45) is -1.48. The first-order valence-corrected chi connectivity index (χ1v) is 7.34. The van der Waals surface area contributed by atoms with Gasteiger partial charge in [0.15, 0.2) is 6.10 Å². The van der Waals surface area contributed by atoms with E-state index in [2.05, 4.69) is 0 Å². The summed E-state index contributed by atoms with van der Waals surface area (Å²) in [4.78, 5) is 0. The van der Waals surface area contributed by atoms with E-state index in [0.29, 0.717) is 11.7 Å². The molecule has 1 radical (unpaired) electrons. The summed E-state index contributed by atoms with van der Waals surface area (Å²) in [5.74, 6) is 1.49. The molecule has 121 valence electrons. The lowest BCUT2D eigenvalue weighted by molar-refractivity contribution is -0.137. The summed E-state index contributed by atoms with van der Waals surface area (Å²) in [6.45, 7) is 0. The fourth-order valence-electron chi connectivity index (χ4n) is 2.32. The average Bonchev–Trinajstić information content (AvgIpc) is 3.37. The molecule has 1 aliphatic carbocycles. The predicted molar refractivity (Wildman–Crippen MR) is 80.1 cm³/mol. The summed E-state index contributed by atoms with van der Waals surface area (Å²) in [5.41, 5.74) is 0.246. The lowest BCUT2D eigenvalue weighted by Gasteiger charge is -2.18. The van der Waals surface area contributed by atoms with E-state index in [9.17, 15) is 13.2 Å². The maximum absolute atomic E-state index is 12.6. The second kappa shape index (κ2) is 6.14. The molecule has 1 fully saturated rings. The number of hydrogen-bond acceptors (Lipinski definition) is 2. The lowest BCUT2D eigenvalue weighted by atomic mass is 10.0. The van der Waals surface area contributed by atoms with Gasteiger partial charge in [0.05, 0.1) is 12.7 Å². The molecule has 2 aromatic rings. The number of rotatable bonds is 5. The summed E-state index contributed by atoms with van der Waals surface area (Å²) in [7, 11) is 1.60. The summed E-state index contributed by atoms with van der Waals surface area (Å²) in [5, 5.41) is 0. The molecule has 0 bridgehead atoms. The molecule has 23 heavy (non-hydrogen) atoms. The van der Waals surface area contributed by atoms with Gasteiger partial charge in [-0.05, 0) is 49.2 Å². The van der Waals surface area contributed by atoms with E-state index in [4.69, 9.17) is 9.47 Å². The quantitative estimate of drug-likeness (QED) is 0.764. The van der Waals surface area contributed by atoms with Crippen LogP contribution in [0.5, 0.6) is 11.5 Å². The molecule has 1 aliphatic rings. The van der Waals surface area contributed by atoms with Crippen LogP contribution >= 0.6 is 0 Å². The molecular weight excluding hydrogens is 305 g/mol. The third-order valence-corrected chi connectivity index (χ3v) is 3.73. The van der Waals surface area contributed by atoms with Gasteiger partial charge in [-0.1, -0.05) is 12.1 Å². The van der Waals surface area contributed by atoms with Crippen LogP contribution < -0.4 is 9.47 Å². The molecule has 0 heterocycles. The third kappa shape index (κ3) is 3.78. The Hall–Kier alpha value is -2.17. The first kappa shape index (κ1) is 15.7. The van der Waals surface area contributed by atoms with Crippen molar-refractivity contribution >= 4 is 0 Å². The Bertz CT molecular complexity index is 643. The molecule has 0 aliphatic heterocycles. The molecule has 5 heteroatoms. The highest BCUT2D eigenvalue weighted by molar-refractivity contribution is 5.38. The van der Waals surface area contributed by atoms with Gasteiger partial charge >= 0.3 is 6.18 Å². The van der Waals surface area contributed by atoms with Crippen molar-refractivity contribution in [3.63, 3.8) is 0 Å². The van der Waals surface area contributed by atoms with E-state index < -0.39 is 11.7 Å². The highest BCUT2D eigenvalue weighted by Crippen LogP contribution is 2.43. The zero-order valence-electron chi connectivity index (χ0n) is 12.6. The summed E-state index contributed by atoms with van der Waals surface area (Å²) in [6, 6.07) is 12.3. The van der Waals surface area contributed by atoms with E-state index in [1.165, 1.54) is 12.1 Å². The van der Waals surface area contributed by atoms with Crippen molar-refractivity contribution in [1.29, 1.82) is 0 Å². The Balaban J connectivity index is 1.77. The van der Waals surface area contributed by atoms with Crippen molar-refractivity contribution in [2.24, 2.45) is 5.92 Å². The molecule has 3 rings (SSSR count). The standard InChI is InChI=1S/C18H16F3O2/c1-22-15-8-4-13(5-9-15)17(12-2-3-12)23-16-10-6-14(7-11-16)18(19,20)21/h4-12H,2-3H2,1H3. The van der Waals surface area contributed by atoms with E-state index >= 15 is 0 Å². The van der Waals surface area contributed by atoms with Gasteiger partial charge in [-0.25, -0.2) is 0 Å². The second-order valence-electron chi connectivity index (χ2n) is 5.49. The zero-order valence-corrected chi connectivity index (χ0v) is 12.6. The van der Waals surface area contributed by atoms with Crippen LogP contribution in [0.4, 0.5) is 13.2 Å². The van der Waals surface area contributed by atoms with E-state index in [1.54, 1.807) is 7.11 Å². The van der Waals surface area contributed by atoms with Crippen LogP contribution in [0.3, 0.4) is 0 Å². The predicted octanol–water partition coefficient (Wildman–Crippen LogP) is 5.08. The van der Waals surface area contributed by atoms with Crippen LogP contribution in [0.25, 0.3) is 0 Å². The zero-order chi connectivity index (χ0) is 16.4. The van der Waals surface area contributed by atoms with Crippen LogP contribution in [0.2, 0.25) is 0 Å². The van der Waals surface area contributed by atoms with Crippen molar-refractivity contribution < 1.29 is 22.6 Å². The number of halogens is 3. The van der Waals surface area contributed by atoms with Crippen LogP contribution in [-0.2, 0) is 6.18 Å². The van der Waals surface area contributed by atoms with Crippen molar-refractivity contribution in [2.75, 3.05) is 7.11 Å². The van der Waals surface area contributed by atoms with Crippen molar-refractivity contribution in [1.82, 2.24) is 0 Å². The first-order chi connectivity index (χ1) is 11.0. The van der Waals surface area contributed by atoms with Crippen LogP contribution in [0, 0.1) is 12.0 Å². The summed E-state index contributed by atoms with van der Waals surface area (Å²) >= 11 is 0. The van der Waals surface area contributed by atoms with Gasteiger partial charge in [-0.3, -0.25) is 0 Å². The Labute approximate surface area is 132 Å². The number of ether oxygens (including phenoxy) is 2. The monoisotopic (exact) mass is 321 g/mol. The number of benzene rings is 2. The molecule has 0 unspecified atom stereocenters. The fraction of sp³-hybridized carbons (Fsp3) is 0.278. The Morgan fingerprint density at radius 2 is 1.48 bits per heavy atom. The number of hydrogen-bond donors (Lipinski definition) is 0. The maximum Gasteiger partial charge on any atom is 0.416 e. The third-order valence-electron chi connectivity index (χ3n) is 3.73. The second-order valence-corrected chi connectivity index (χ2v) is 5.49. The van der Waals surface area contributed by atoms with E-state index in [0.717, 1.165) is 42.4 Å². The normalized spacial score (nSPS) is 14.8. The minimum Gasteiger partial charge on any atom is -0.497 e. The minimum atomic E-state index is -4.34. The Morgan fingerprint density at radius 1 is 0.913 bits per heavy atom. The van der Waals surface area contributed by atoms with Crippen LogP contribution in [0.1, 0.15) is 24.0 Å². The average molecular weight is 321 g/mol. The molecule has 0 atom stereocenters. The smallest absolute Gasteiger partial charge is 0.416 e. The van der Waals surface area contributed by atoms with Gasteiger partial charge in [0.2, 0.25) is 0 Å². The Kier molecular flexibility index (Phi) is 4.20. The number of methoxy groups -OCH3 is 1. The van der Waals surface area contributed by atoms with Crippen LogP contribution in [-0.4, -0.2) is 7.11 Å². The molecule has 0 N–H and O–H groups in total. The Morgan fingerprint density at radius 3 is 1.96 bits per heavy atom. The van der Waals surface area contributed by atoms with Crippen molar-refractivity contribution in [3.8, 4) is 11.5 Å². The topological polar surface area (TPSA) is 18.5 Å². The fourth-order valence-corrected chi connectivity index (χ4v) is 2.32. The van der Waals surface area contributed by atoms with Gasteiger partial charge in [-0.2, -0.15) is 13.2 Å². The van der Waals surface area contributed by atoms with Gasteiger partial charge in [-0.15, -0.1) is 0 Å². The van der Waals surface area contributed by atoms with E-state index in [1.807, 2.05) is 24.3 Å². The molecule has 2 aromatic carbocycles. The maximum atomic E-state index is 12.6. The first-order valence-electron chi connectivity index (χ1n) is 7.34. The highest BCUT2D eigenvalue weighted by Gasteiger charge is 2.36. The molecule has 0 spiro atoms.